The molecular formula is C17H37NS. The number of hydrogen-bond donors (Lipinski definition) is 1. The van der Waals surface area contributed by atoms with Gasteiger partial charge in [-0.2, -0.15) is 11.8 Å². The van der Waals surface area contributed by atoms with E-state index in [9.17, 15) is 0 Å². The summed E-state index contributed by atoms with van der Waals surface area (Å²) in [5.41, 5.74) is 0. The third-order valence-electron chi connectivity index (χ3n) is 3.97. The monoisotopic (exact) mass is 287 g/mol. The van der Waals surface area contributed by atoms with Crippen LogP contribution >= 0.6 is 11.8 Å². The van der Waals surface area contributed by atoms with Gasteiger partial charge in [0.25, 0.3) is 0 Å². The van der Waals surface area contributed by atoms with Gasteiger partial charge in [-0.05, 0) is 19.9 Å². The molecule has 0 aromatic rings. The van der Waals surface area contributed by atoms with Crippen LogP contribution in [0.5, 0.6) is 0 Å². The topological polar surface area (TPSA) is 12.0 Å². The average molecular weight is 288 g/mol. The Morgan fingerprint density at radius 1 is 0.895 bits per heavy atom. The average Bonchev–Trinajstić information content (AvgIpc) is 2.44. The highest BCUT2D eigenvalue weighted by Crippen LogP contribution is 2.17. The van der Waals surface area contributed by atoms with Gasteiger partial charge >= 0.3 is 0 Å². The molecule has 2 unspecified atom stereocenters. The predicted octanol–water partition coefficient (Wildman–Crippen LogP) is 5.64. The zero-order valence-electron chi connectivity index (χ0n) is 13.8. The molecule has 0 rings (SSSR count). The third kappa shape index (κ3) is 13.1. The van der Waals surface area contributed by atoms with E-state index in [-0.39, 0.29) is 0 Å². The molecule has 0 fully saturated rings. The maximum Gasteiger partial charge on any atom is 0.0155 e. The van der Waals surface area contributed by atoms with Gasteiger partial charge in [0.1, 0.15) is 0 Å². The molecule has 1 nitrogen and oxygen atoms in total. The second-order valence-corrected chi connectivity index (χ2v) is 7.27. The van der Waals surface area contributed by atoms with Gasteiger partial charge in [-0.3, -0.25) is 0 Å². The van der Waals surface area contributed by atoms with Crippen molar-refractivity contribution >= 4 is 11.8 Å². The highest BCUT2D eigenvalue weighted by molar-refractivity contribution is 7.99. The molecule has 0 aromatic carbocycles. The van der Waals surface area contributed by atoms with Crippen LogP contribution in [0.4, 0.5) is 0 Å². The summed E-state index contributed by atoms with van der Waals surface area (Å²) in [5.74, 6) is 1.28. The second kappa shape index (κ2) is 14.7. The van der Waals surface area contributed by atoms with Gasteiger partial charge < -0.3 is 5.32 Å². The first-order valence-corrected chi connectivity index (χ1v) is 9.58. The van der Waals surface area contributed by atoms with Crippen LogP contribution in [-0.2, 0) is 0 Å². The fraction of sp³-hybridized carbons (Fsp3) is 1.00. The van der Waals surface area contributed by atoms with Gasteiger partial charge in [0.05, 0.1) is 0 Å². The summed E-state index contributed by atoms with van der Waals surface area (Å²) in [4.78, 5) is 0. The van der Waals surface area contributed by atoms with E-state index in [1.54, 1.807) is 0 Å². The van der Waals surface area contributed by atoms with Crippen molar-refractivity contribution < 1.29 is 0 Å². The highest BCUT2D eigenvalue weighted by Gasteiger charge is 2.08. The molecule has 2 heteroatoms. The molecule has 116 valence electrons. The lowest BCUT2D eigenvalue weighted by Gasteiger charge is -2.17. The fourth-order valence-corrected chi connectivity index (χ4v) is 3.36. The van der Waals surface area contributed by atoms with Gasteiger partial charge in [-0.15, -0.1) is 0 Å². The van der Waals surface area contributed by atoms with Crippen LogP contribution in [0.1, 0.15) is 85.0 Å². The molecular weight excluding hydrogens is 250 g/mol. The van der Waals surface area contributed by atoms with Crippen molar-refractivity contribution in [3.63, 3.8) is 0 Å². The quantitative estimate of drug-likeness (QED) is 0.415. The van der Waals surface area contributed by atoms with Gasteiger partial charge in [-0.1, -0.05) is 72.1 Å². The number of hydrogen-bond acceptors (Lipinski definition) is 2. The van der Waals surface area contributed by atoms with E-state index in [1.165, 1.54) is 70.0 Å². The van der Waals surface area contributed by atoms with E-state index < -0.39 is 0 Å². The predicted molar refractivity (Wildman–Crippen MR) is 92.3 cm³/mol. The molecule has 0 heterocycles. The molecule has 0 aliphatic rings. The molecule has 0 spiro atoms. The van der Waals surface area contributed by atoms with E-state index in [1.807, 2.05) is 0 Å². The van der Waals surface area contributed by atoms with Gasteiger partial charge in [-0.25, -0.2) is 0 Å². The Bertz CT molecular complexity index is 173. The molecule has 0 aliphatic heterocycles. The fourth-order valence-electron chi connectivity index (χ4n) is 2.23. The Labute approximate surface area is 126 Å². The highest BCUT2D eigenvalue weighted by atomic mass is 32.2. The molecule has 0 radical (unpaired) electrons. The summed E-state index contributed by atoms with van der Waals surface area (Å²) in [6.07, 6.45) is 14.1. The zero-order valence-corrected chi connectivity index (χ0v) is 14.7. The Balaban J connectivity index is 3.36. The minimum absolute atomic E-state index is 0.721. The maximum absolute atomic E-state index is 3.48. The number of nitrogens with one attached hydrogen (secondary N) is 1. The van der Waals surface area contributed by atoms with Crippen LogP contribution in [0.15, 0.2) is 0 Å². The van der Waals surface area contributed by atoms with Crippen LogP contribution in [0.3, 0.4) is 0 Å². The number of thioether (sulfide) groups is 1. The summed E-state index contributed by atoms with van der Waals surface area (Å²) in [5, 5.41) is 4.29. The van der Waals surface area contributed by atoms with Crippen LogP contribution in [0.25, 0.3) is 0 Å². The summed E-state index contributed by atoms with van der Waals surface area (Å²) < 4.78 is 0. The molecule has 1 N–H and O–H groups in total. The van der Waals surface area contributed by atoms with Gasteiger partial charge in [0, 0.05) is 17.0 Å². The van der Waals surface area contributed by atoms with Crippen molar-refractivity contribution in [2.24, 2.45) is 0 Å². The number of unbranched alkanes of at least 4 members (excludes halogenated alkanes) is 7. The van der Waals surface area contributed by atoms with Crippen LogP contribution in [0.2, 0.25) is 0 Å². The van der Waals surface area contributed by atoms with Crippen LogP contribution < -0.4 is 5.32 Å². The molecule has 19 heavy (non-hydrogen) atoms. The molecule has 0 amide bonds. The summed E-state index contributed by atoms with van der Waals surface area (Å²) in [6, 6.07) is 0.721. The van der Waals surface area contributed by atoms with Crippen LogP contribution in [0, 0.1) is 0 Å². The Morgan fingerprint density at radius 2 is 1.47 bits per heavy atom. The minimum atomic E-state index is 0.721. The van der Waals surface area contributed by atoms with E-state index in [2.05, 4.69) is 44.9 Å². The lowest BCUT2D eigenvalue weighted by molar-refractivity contribution is 0.508. The van der Waals surface area contributed by atoms with E-state index in [0.29, 0.717) is 0 Å². The first kappa shape index (κ1) is 19.3. The molecule has 2 atom stereocenters. The van der Waals surface area contributed by atoms with Crippen molar-refractivity contribution in [2.45, 2.75) is 96.3 Å². The normalized spacial score (nSPS) is 14.5. The Hall–Kier alpha value is 0.310. The van der Waals surface area contributed by atoms with Gasteiger partial charge in [0.15, 0.2) is 0 Å². The lowest BCUT2D eigenvalue weighted by atomic mass is 10.1. The Kier molecular flexibility index (Phi) is 15.0. The summed E-state index contributed by atoms with van der Waals surface area (Å²) >= 11 is 2.12. The lowest BCUT2D eigenvalue weighted by Crippen LogP contribution is -2.28. The largest absolute Gasteiger partial charge is 0.316 e. The second-order valence-electron chi connectivity index (χ2n) is 5.80. The maximum atomic E-state index is 3.48. The molecule has 0 saturated carbocycles. The van der Waals surface area contributed by atoms with Crippen molar-refractivity contribution in [3.8, 4) is 0 Å². The third-order valence-corrected chi connectivity index (χ3v) is 5.47. The standard InChI is InChI=1S/C17H37NS/c1-5-7-8-9-10-11-12-13-14-17(18-4)15-19-16(3)6-2/h16-18H,5-15H2,1-4H3. The van der Waals surface area contributed by atoms with Crippen molar-refractivity contribution in [2.75, 3.05) is 12.8 Å². The first-order chi connectivity index (χ1) is 9.24. The summed E-state index contributed by atoms with van der Waals surface area (Å²) in [7, 11) is 2.12. The minimum Gasteiger partial charge on any atom is -0.316 e. The zero-order chi connectivity index (χ0) is 14.3. The van der Waals surface area contributed by atoms with E-state index >= 15 is 0 Å². The van der Waals surface area contributed by atoms with Crippen molar-refractivity contribution in [3.05, 3.63) is 0 Å². The molecule has 0 bridgehead atoms. The molecule has 0 saturated heterocycles. The van der Waals surface area contributed by atoms with Crippen LogP contribution in [-0.4, -0.2) is 24.1 Å². The summed E-state index contributed by atoms with van der Waals surface area (Å²) in [6.45, 7) is 6.91. The first-order valence-electron chi connectivity index (χ1n) is 8.53. The Morgan fingerprint density at radius 3 is 2.00 bits per heavy atom. The van der Waals surface area contributed by atoms with Crippen molar-refractivity contribution in [1.29, 1.82) is 0 Å². The van der Waals surface area contributed by atoms with Gasteiger partial charge in [0.2, 0.25) is 0 Å². The smallest absolute Gasteiger partial charge is 0.0155 e. The SMILES string of the molecule is CCCCCCCCCCC(CSC(C)CC)NC. The molecule has 0 aromatic heterocycles. The van der Waals surface area contributed by atoms with Crippen molar-refractivity contribution in [1.82, 2.24) is 5.32 Å². The van der Waals surface area contributed by atoms with E-state index in [4.69, 9.17) is 0 Å². The van der Waals surface area contributed by atoms with E-state index in [0.717, 1.165) is 11.3 Å². The molecule has 0 aliphatic carbocycles. The number of rotatable bonds is 14.